The standard InChI is InChI=1S/C18H17Br2NO3/c1-11-4-6-15(13(19)8-11)21-17(22)7-5-12-9-14(20)18(24-3)16(10-12)23-2/h4-10H,1-3H3,(H,21,22). The fourth-order valence-corrected chi connectivity index (χ4v) is 3.32. The highest BCUT2D eigenvalue weighted by Crippen LogP contribution is 2.36. The Labute approximate surface area is 158 Å². The van der Waals surface area contributed by atoms with E-state index in [1.165, 1.54) is 6.08 Å². The molecule has 24 heavy (non-hydrogen) atoms. The van der Waals surface area contributed by atoms with Gasteiger partial charge in [0, 0.05) is 10.5 Å². The van der Waals surface area contributed by atoms with Crippen molar-refractivity contribution in [3.63, 3.8) is 0 Å². The van der Waals surface area contributed by atoms with Crippen LogP contribution in [0.4, 0.5) is 5.69 Å². The third-order valence-corrected chi connectivity index (χ3v) is 4.51. The number of carbonyl (C=O) groups excluding carboxylic acids is 1. The molecule has 0 heterocycles. The summed E-state index contributed by atoms with van der Waals surface area (Å²) >= 11 is 6.87. The molecule has 4 nitrogen and oxygen atoms in total. The minimum atomic E-state index is -0.217. The second-order valence-electron chi connectivity index (χ2n) is 5.04. The van der Waals surface area contributed by atoms with Crippen molar-refractivity contribution < 1.29 is 14.3 Å². The Balaban J connectivity index is 2.15. The van der Waals surface area contributed by atoms with E-state index >= 15 is 0 Å². The molecule has 0 spiro atoms. The van der Waals surface area contributed by atoms with Crippen molar-refractivity contribution in [3.8, 4) is 11.5 Å². The Morgan fingerprint density at radius 2 is 1.83 bits per heavy atom. The monoisotopic (exact) mass is 453 g/mol. The largest absolute Gasteiger partial charge is 0.493 e. The second kappa shape index (κ2) is 8.35. The van der Waals surface area contributed by atoms with Crippen molar-refractivity contribution in [3.05, 3.63) is 56.5 Å². The topological polar surface area (TPSA) is 47.6 Å². The molecule has 0 unspecified atom stereocenters. The molecule has 2 aromatic carbocycles. The first-order chi connectivity index (χ1) is 11.4. The summed E-state index contributed by atoms with van der Waals surface area (Å²) in [5.41, 5.74) is 2.66. The number of anilines is 1. The molecule has 0 aliphatic carbocycles. The summed E-state index contributed by atoms with van der Waals surface area (Å²) in [6.07, 6.45) is 3.18. The maximum atomic E-state index is 12.1. The fraction of sp³-hybridized carbons (Fsp3) is 0.167. The van der Waals surface area contributed by atoms with Gasteiger partial charge in [0.15, 0.2) is 11.5 Å². The predicted molar refractivity (Wildman–Crippen MR) is 104 cm³/mol. The first kappa shape index (κ1) is 18.5. The molecule has 2 rings (SSSR count). The molecule has 0 aromatic heterocycles. The molecule has 1 N–H and O–H groups in total. The van der Waals surface area contributed by atoms with E-state index in [9.17, 15) is 4.79 Å². The van der Waals surface area contributed by atoms with Crippen molar-refractivity contribution >= 4 is 49.5 Å². The lowest BCUT2D eigenvalue weighted by atomic mass is 10.2. The van der Waals surface area contributed by atoms with Crippen LogP contribution in [-0.2, 0) is 4.79 Å². The van der Waals surface area contributed by atoms with Crippen molar-refractivity contribution in [2.75, 3.05) is 19.5 Å². The van der Waals surface area contributed by atoms with Gasteiger partial charge in [0.05, 0.1) is 24.4 Å². The highest BCUT2D eigenvalue weighted by molar-refractivity contribution is 9.11. The molecule has 0 saturated heterocycles. The number of hydrogen-bond donors (Lipinski definition) is 1. The van der Waals surface area contributed by atoms with Crippen LogP contribution in [0.25, 0.3) is 6.08 Å². The molecule has 0 aliphatic rings. The number of halogens is 2. The maximum absolute atomic E-state index is 12.1. The summed E-state index contributed by atoms with van der Waals surface area (Å²) < 4.78 is 12.2. The quantitative estimate of drug-likeness (QED) is 0.632. The van der Waals surface area contributed by atoms with Crippen LogP contribution < -0.4 is 14.8 Å². The molecule has 0 atom stereocenters. The van der Waals surface area contributed by atoms with Gasteiger partial charge in [-0.3, -0.25) is 4.79 Å². The van der Waals surface area contributed by atoms with Gasteiger partial charge in [-0.05, 0) is 80.3 Å². The SMILES string of the molecule is COc1cc(C=CC(=O)Nc2ccc(C)cc2Br)cc(Br)c1OC. The summed E-state index contributed by atoms with van der Waals surface area (Å²) in [4.78, 5) is 12.1. The van der Waals surface area contributed by atoms with Crippen LogP contribution in [0.2, 0.25) is 0 Å². The van der Waals surface area contributed by atoms with Gasteiger partial charge < -0.3 is 14.8 Å². The number of nitrogens with one attached hydrogen (secondary N) is 1. The van der Waals surface area contributed by atoms with Gasteiger partial charge in [0.2, 0.25) is 5.91 Å². The summed E-state index contributed by atoms with van der Waals surface area (Å²) in [5, 5.41) is 2.83. The summed E-state index contributed by atoms with van der Waals surface area (Å²) in [6.45, 7) is 1.99. The molecule has 0 saturated carbocycles. The molecular weight excluding hydrogens is 438 g/mol. The van der Waals surface area contributed by atoms with Crippen molar-refractivity contribution in [1.82, 2.24) is 0 Å². The Bertz CT molecular complexity index is 788. The number of carbonyl (C=O) groups is 1. The Morgan fingerprint density at radius 3 is 2.46 bits per heavy atom. The molecule has 0 bridgehead atoms. The van der Waals surface area contributed by atoms with Crippen molar-refractivity contribution in [2.24, 2.45) is 0 Å². The van der Waals surface area contributed by atoms with Gasteiger partial charge in [-0.15, -0.1) is 0 Å². The van der Waals surface area contributed by atoms with Crippen LogP contribution in [0.3, 0.4) is 0 Å². The number of hydrogen-bond acceptors (Lipinski definition) is 3. The van der Waals surface area contributed by atoms with E-state index in [2.05, 4.69) is 37.2 Å². The average Bonchev–Trinajstić information content (AvgIpc) is 2.55. The van der Waals surface area contributed by atoms with Crippen molar-refractivity contribution in [1.29, 1.82) is 0 Å². The number of benzene rings is 2. The molecular formula is C18H17Br2NO3. The zero-order valence-corrected chi connectivity index (χ0v) is 16.7. The van der Waals surface area contributed by atoms with E-state index in [4.69, 9.17) is 9.47 Å². The van der Waals surface area contributed by atoms with Gasteiger partial charge in [0.1, 0.15) is 0 Å². The number of aryl methyl sites for hydroxylation is 1. The number of rotatable bonds is 5. The molecule has 2 aromatic rings. The van der Waals surface area contributed by atoms with Crippen LogP contribution in [-0.4, -0.2) is 20.1 Å². The zero-order valence-electron chi connectivity index (χ0n) is 13.5. The lowest BCUT2D eigenvalue weighted by molar-refractivity contribution is -0.111. The first-order valence-electron chi connectivity index (χ1n) is 7.11. The van der Waals surface area contributed by atoms with Gasteiger partial charge in [-0.25, -0.2) is 0 Å². The minimum Gasteiger partial charge on any atom is -0.493 e. The van der Waals surface area contributed by atoms with E-state index in [0.717, 1.165) is 25.8 Å². The number of methoxy groups -OCH3 is 2. The highest BCUT2D eigenvalue weighted by atomic mass is 79.9. The van der Waals surface area contributed by atoms with Gasteiger partial charge in [-0.2, -0.15) is 0 Å². The third kappa shape index (κ3) is 4.61. The van der Waals surface area contributed by atoms with Gasteiger partial charge >= 0.3 is 0 Å². The van der Waals surface area contributed by atoms with Crippen molar-refractivity contribution in [2.45, 2.75) is 6.92 Å². The van der Waals surface area contributed by atoms with E-state index in [-0.39, 0.29) is 5.91 Å². The minimum absolute atomic E-state index is 0.217. The highest BCUT2D eigenvalue weighted by Gasteiger charge is 2.09. The smallest absolute Gasteiger partial charge is 0.248 e. The molecule has 0 aliphatic heterocycles. The Kier molecular flexibility index (Phi) is 6.45. The summed E-state index contributed by atoms with van der Waals surface area (Å²) in [6, 6.07) is 9.40. The summed E-state index contributed by atoms with van der Waals surface area (Å²) in [5.74, 6) is 0.987. The average molecular weight is 455 g/mol. The summed E-state index contributed by atoms with van der Waals surface area (Å²) in [7, 11) is 3.14. The van der Waals surface area contributed by atoms with Crippen LogP contribution in [0.1, 0.15) is 11.1 Å². The Hall–Kier alpha value is -1.79. The van der Waals surface area contributed by atoms with Gasteiger partial charge in [-0.1, -0.05) is 6.07 Å². The second-order valence-corrected chi connectivity index (χ2v) is 6.75. The Morgan fingerprint density at radius 1 is 1.08 bits per heavy atom. The predicted octanol–water partition coefficient (Wildman–Crippen LogP) is 5.19. The molecule has 6 heteroatoms. The lowest BCUT2D eigenvalue weighted by Crippen LogP contribution is -2.08. The normalized spacial score (nSPS) is 10.7. The fourth-order valence-electron chi connectivity index (χ4n) is 2.10. The maximum Gasteiger partial charge on any atom is 0.248 e. The van der Waals surface area contributed by atoms with Crippen LogP contribution in [0, 0.1) is 6.92 Å². The third-order valence-electron chi connectivity index (χ3n) is 3.27. The van der Waals surface area contributed by atoms with Crippen LogP contribution in [0.5, 0.6) is 11.5 Å². The lowest BCUT2D eigenvalue weighted by Gasteiger charge is -2.10. The van der Waals surface area contributed by atoms with Crippen LogP contribution in [0.15, 0.2) is 45.4 Å². The number of ether oxygens (including phenoxy) is 2. The molecule has 126 valence electrons. The van der Waals surface area contributed by atoms with E-state index in [0.29, 0.717) is 11.5 Å². The molecule has 0 fully saturated rings. The van der Waals surface area contributed by atoms with E-state index in [1.807, 2.05) is 31.2 Å². The van der Waals surface area contributed by atoms with E-state index < -0.39 is 0 Å². The van der Waals surface area contributed by atoms with Crippen LogP contribution >= 0.6 is 31.9 Å². The first-order valence-corrected chi connectivity index (χ1v) is 8.70. The van der Waals surface area contributed by atoms with Gasteiger partial charge in [0.25, 0.3) is 0 Å². The zero-order chi connectivity index (χ0) is 17.7. The molecule has 1 amide bonds. The molecule has 0 radical (unpaired) electrons. The van der Waals surface area contributed by atoms with E-state index in [1.54, 1.807) is 26.4 Å². The number of amides is 1.